The summed E-state index contributed by atoms with van der Waals surface area (Å²) in [5, 5.41) is 12.2. The number of anilines is 1. The van der Waals surface area contributed by atoms with Gasteiger partial charge < -0.3 is 9.73 Å². The average molecular weight is 263 g/mol. The molecule has 2 heterocycles. The molecule has 1 saturated carbocycles. The van der Waals surface area contributed by atoms with E-state index in [9.17, 15) is 4.79 Å². The Morgan fingerprint density at radius 1 is 1.61 bits per heavy atom. The maximum absolute atomic E-state index is 12.0. The normalized spacial score (nSPS) is 21.8. The van der Waals surface area contributed by atoms with Crippen LogP contribution in [0.5, 0.6) is 0 Å². The van der Waals surface area contributed by atoms with Gasteiger partial charge in [0.1, 0.15) is 10.8 Å². The second kappa shape index (κ2) is 4.53. The molecule has 6 heteroatoms. The van der Waals surface area contributed by atoms with Crippen LogP contribution in [0.4, 0.5) is 5.13 Å². The van der Waals surface area contributed by atoms with Gasteiger partial charge >= 0.3 is 0 Å². The molecule has 1 N–H and O–H groups in total. The van der Waals surface area contributed by atoms with Crippen LogP contribution in [0, 0.1) is 5.92 Å². The number of carbonyl (C=O) groups excluding carboxylic acids is 1. The van der Waals surface area contributed by atoms with E-state index >= 15 is 0 Å². The number of amides is 1. The predicted molar refractivity (Wildman–Crippen MR) is 67.5 cm³/mol. The van der Waals surface area contributed by atoms with E-state index in [4.69, 9.17) is 4.42 Å². The van der Waals surface area contributed by atoms with Crippen LogP contribution in [0.25, 0.3) is 0 Å². The van der Waals surface area contributed by atoms with E-state index in [1.54, 1.807) is 6.26 Å². The Bertz CT molecular complexity index is 549. The minimum atomic E-state index is 0.00475. The summed E-state index contributed by atoms with van der Waals surface area (Å²) in [6.45, 7) is 2.01. The quantitative estimate of drug-likeness (QED) is 0.920. The van der Waals surface area contributed by atoms with Crippen LogP contribution < -0.4 is 5.32 Å². The molecular weight excluding hydrogens is 250 g/mol. The molecule has 1 aliphatic rings. The fraction of sp³-hybridized carbons (Fsp3) is 0.417. The highest BCUT2D eigenvalue weighted by molar-refractivity contribution is 7.15. The predicted octanol–water partition coefficient (Wildman–Crippen LogP) is 2.44. The average Bonchev–Trinajstić information content (AvgIpc) is 2.80. The number of aryl methyl sites for hydroxylation is 1. The minimum Gasteiger partial charge on any atom is -0.469 e. The number of carbonyl (C=O) groups is 1. The topological polar surface area (TPSA) is 68.0 Å². The molecule has 94 valence electrons. The third-order valence-electron chi connectivity index (χ3n) is 3.04. The van der Waals surface area contributed by atoms with Crippen LogP contribution in [0.1, 0.15) is 30.0 Å². The number of hydrogen-bond donors (Lipinski definition) is 1. The lowest BCUT2D eigenvalue weighted by molar-refractivity contribution is -0.117. The van der Waals surface area contributed by atoms with Gasteiger partial charge in [0.25, 0.3) is 0 Å². The fourth-order valence-electron chi connectivity index (χ4n) is 1.95. The lowest BCUT2D eigenvalue weighted by atomic mass is 10.2. The number of aromatic nitrogens is 2. The van der Waals surface area contributed by atoms with Gasteiger partial charge in [-0.2, -0.15) is 0 Å². The lowest BCUT2D eigenvalue weighted by Gasteiger charge is -1.98. The fourth-order valence-corrected chi connectivity index (χ4v) is 2.63. The molecule has 0 bridgehead atoms. The Hall–Kier alpha value is -1.69. The van der Waals surface area contributed by atoms with Crippen LogP contribution >= 0.6 is 11.3 Å². The van der Waals surface area contributed by atoms with Crippen LogP contribution in [-0.2, 0) is 11.2 Å². The van der Waals surface area contributed by atoms with E-state index in [0.717, 1.165) is 23.6 Å². The number of nitrogens with one attached hydrogen (secondary N) is 1. The van der Waals surface area contributed by atoms with Crippen molar-refractivity contribution in [2.24, 2.45) is 5.92 Å². The first-order chi connectivity index (χ1) is 8.78. The van der Waals surface area contributed by atoms with Gasteiger partial charge in [-0.25, -0.2) is 0 Å². The summed E-state index contributed by atoms with van der Waals surface area (Å²) < 4.78 is 5.30. The zero-order valence-corrected chi connectivity index (χ0v) is 10.7. The van der Waals surface area contributed by atoms with Crippen molar-refractivity contribution in [1.29, 1.82) is 0 Å². The van der Waals surface area contributed by atoms with E-state index in [1.807, 2.05) is 19.1 Å². The first-order valence-corrected chi connectivity index (χ1v) is 6.76. The van der Waals surface area contributed by atoms with Crippen molar-refractivity contribution in [2.75, 3.05) is 5.32 Å². The smallest absolute Gasteiger partial charge is 0.230 e. The molecule has 2 atom stereocenters. The standard InChI is InChI=1S/C12H13N3O2S/c1-2-10-14-15-12(18-10)13-11(16)8-6-7(8)9-4-3-5-17-9/h3-5,7-8H,2,6H2,1H3,(H,13,15,16). The molecule has 0 saturated heterocycles. The van der Waals surface area contributed by atoms with Crippen molar-refractivity contribution < 1.29 is 9.21 Å². The third-order valence-corrected chi connectivity index (χ3v) is 4.02. The van der Waals surface area contributed by atoms with Crippen LogP contribution in [0.3, 0.4) is 0 Å². The van der Waals surface area contributed by atoms with Gasteiger partial charge in [0.15, 0.2) is 0 Å². The van der Waals surface area contributed by atoms with E-state index in [-0.39, 0.29) is 17.7 Å². The molecular formula is C12H13N3O2S. The molecule has 2 unspecified atom stereocenters. The van der Waals surface area contributed by atoms with E-state index in [1.165, 1.54) is 11.3 Å². The van der Waals surface area contributed by atoms with E-state index < -0.39 is 0 Å². The van der Waals surface area contributed by atoms with Crippen LogP contribution in [0.15, 0.2) is 22.8 Å². The van der Waals surface area contributed by atoms with E-state index in [2.05, 4.69) is 15.5 Å². The molecule has 0 aliphatic heterocycles. The molecule has 1 amide bonds. The molecule has 3 rings (SSSR count). The maximum Gasteiger partial charge on any atom is 0.230 e. The maximum atomic E-state index is 12.0. The summed E-state index contributed by atoms with van der Waals surface area (Å²) in [5.74, 6) is 1.13. The lowest BCUT2D eigenvalue weighted by Crippen LogP contribution is -2.14. The van der Waals surface area contributed by atoms with Crippen molar-refractivity contribution in [1.82, 2.24) is 10.2 Å². The minimum absolute atomic E-state index is 0.00475. The van der Waals surface area contributed by atoms with E-state index in [0.29, 0.717) is 5.13 Å². The Balaban J connectivity index is 1.60. The van der Waals surface area contributed by atoms with Gasteiger partial charge in [-0.05, 0) is 25.0 Å². The first-order valence-electron chi connectivity index (χ1n) is 5.94. The Morgan fingerprint density at radius 2 is 2.50 bits per heavy atom. The Morgan fingerprint density at radius 3 is 3.17 bits per heavy atom. The Labute approximate surface area is 108 Å². The van der Waals surface area contributed by atoms with Gasteiger partial charge in [0.2, 0.25) is 11.0 Å². The van der Waals surface area contributed by atoms with Gasteiger partial charge in [-0.15, -0.1) is 10.2 Å². The highest BCUT2D eigenvalue weighted by Gasteiger charge is 2.46. The molecule has 0 aromatic carbocycles. The van der Waals surface area contributed by atoms with Crippen molar-refractivity contribution in [2.45, 2.75) is 25.7 Å². The zero-order valence-electron chi connectivity index (χ0n) is 9.92. The summed E-state index contributed by atoms with van der Waals surface area (Å²) in [7, 11) is 0. The monoisotopic (exact) mass is 263 g/mol. The van der Waals surface area contributed by atoms with Gasteiger partial charge in [-0.3, -0.25) is 4.79 Å². The molecule has 5 nitrogen and oxygen atoms in total. The molecule has 2 aromatic rings. The molecule has 0 radical (unpaired) electrons. The van der Waals surface area contributed by atoms with Crippen LogP contribution in [0.2, 0.25) is 0 Å². The molecule has 0 spiro atoms. The number of hydrogen-bond acceptors (Lipinski definition) is 5. The van der Waals surface area contributed by atoms with Gasteiger partial charge in [0, 0.05) is 11.8 Å². The summed E-state index contributed by atoms with van der Waals surface area (Å²) in [6.07, 6.45) is 3.33. The first kappa shape index (κ1) is 11.4. The van der Waals surface area contributed by atoms with Gasteiger partial charge in [0.05, 0.1) is 6.26 Å². The largest absolute Gasteiger partial charge is 0.469 e. The molecule has 1 aliphatic carbocycles. The third kappa shape index (κ3) is 2.15. The summed E-state index contributed by atoms with van der Waals surface area (Å²) in [4.78, 5) is 12.0. The molecule has 18 heavy (non-hydrogen) atoms. The van der Waals surface area contributed by atoms with Crippen LogP contribution in [-0.4, -0.2) is 16.1 Å². The van der Waals surface area contributed by atoms with Crippen molar-refractivity contribution in [3.8, 4) is 0 Å². The van der Waals surface area contributed by atoms with Crippen molar-refractivity contribution in [3.63, 3.8) is 0 Å². The molecule has 1 fully saturated rings. The second-order valence-corrected chi connectivity index (χ2v) is 5.37. The summed E-state index contributed by atoms with van der Waals surface area (Å²) in [6, 6.07) is 3.76. The van der Waals surface area contributed by atoms with Crippen molar-refractivity contribution >= 4 is 22.4 Å². The second-order valence-electron chi connectivity index (χ2n) is 4.31. The number of rotatable bonds is 4. The number of furan rings is 1. The Kier molecular flexibility index (Phi) is 2.87. The molecule has 2 aromatic heterocycles. The van der Waals surface area contributed by atoms with Gasteiger partial charge in [-0.1, -0.05) is 18.3 Å². The summed E-state index contributed by atoms with van der Waals surface area (Å²) in [5.41, 5.74) is 0. The van der Waals surface area contributed by atoms with Crippen molar-refractivity contribution in [3.05, 3.63) is 29.2 Å². The summed E-state index contributed by atoms with van der Waals surface area (Å²) >= 11 is 1.43. The number of nitrogens with zero attached hydrogens (tertiary/aromatic N) is 2. The zero-order chi connectivity index (χ0) is 12.5. The highest BCUT2D eigenvalue weighted by Crippen LogP contribution is 2.48. The highest BCUT2D eigenvalue weighted by atomic mass is 32.1. The SMILES string of the molecule is CCc1nnc(NC(=O)C2CC2c2ccco2)s1.